The first-order chi connectivity index (χ1) is 14.9. The molecule has 0 spiro atoms. The van der Waals surface area contributed by atoms with Crippen molar-refractivity contribution in [3.63, 3.8) is 0 Å². The Bertz CT molecular complexity index is 1150. The number of aliphatic hydroxyl groups is 1. The van der Waals surface area contributed by atoms with Crippen molar-refractivity contribution in [2.75, 3.05) is 33.0 Å². The van der Waals surface area contributed by atoms with E-state index in [0.717, 1.165) is 17.4 Å². The molecule has 10 heteroatoms. The van der Waals surface area contributed by atoms with Crippen LogP contribution >= 0.6 is 0 Å². The van der Waals surface area contributed by atoms with Crippen LogP contribution in [0.1, 0.15) is 13.8 Å². The third-order valence-electron chi connectivity index (χ3n) is 5.78. The van der Waals surface area contributed by atoms with Gasteiger partial charge < -0.3 is 9.84 Å². The molecule has 8 nitrogen and oxygen atoms in total. The lowest BCUT2D eigenvalue weighted by Crippen LogP contribution is -2.50. The topological polar surface area (TPSA) is 104 Å². The van der Waals surface area contributed by atoms with E-state index in [0.29, 0.717) is 0 Å². The maximum absolute atomic E-state index is 13.5. The molecule has 0 fully saturated rings. The molecule has 1 aliphatic heterocycles. The van der Waals surface area contributed by atoms with Crippen LogP contribution in [0, 0.1) is 5.92 Å². The van der Waals surface area contributed by atoms with Crippen LogP contribution in [0.5, 0.6) is 5.75 Å². The van der Waals surface area contributed by atoms with Gasteiger partial charge in [-0.05, 0) is 30.2 Å². The molecule has 3 atom stereocenters. The van der Waals surface area contributed by atoms with E-state index in [1.165, 1.54) is 21.7 Å². The molecule has 0 saturated heterocycles. The number of ether oxygens (including phenoxy) is 1. The van der Waals surface area contributed by atoms with Crippen molar-refractivity contribution in [2.24, 2.45) is 5.92 Å². The number of likely N-dealkylation sites (N-methyl/N-ethyl adjacent to an activating group) is 1. The Kier molecular flexibility index (Phi) is 7.31. The maximum atomic E-state index is 13.5. The Morgan fingerprint density at radius 1 is 1.19 bits per heavy atom. The third kappa shape index (κ3) is 5.15. The van der Waals surface area contributed by atoms with Gasteiger partial charge in [-0.25, -0.2) is 21.1 Å². The molecule has 0 radical (unpaired) electrons. The Hall–Kier alpha value is -1.98. The molecule has 32 heavy (non-hydrogen) atoms. The molecule has 3 rings (SSSR count). The quantitative estimate of drug-likeness (QED) is 0.676. The minimum atomic E-state index is -3.95. The van der Waals surface area contributed by atoms with Gasteiger partial charge in [-0.1, -0.05) is 43.3 Å². The fourth-order valence-corrected chi connectivity index (χ4v) is 5.89. The van der Waals surface area contributed by atoms with Crippen LogP contribution in [0.4, 0.5) is 0 Å². The molecule has 0 saturated carbocycles. The zero-order chi connectivity index (χ0) is 23.7. The van der Waals surface area contributed by atoms with Crippen LogP contribution in [0.15, 0.2) is 53.4 Å². The van der Waals surface area contributed by atoms with Crippen LogP contribution in [0.2, 0.25) is 0 Å². The first-order valence-corrected chi connectivity index (χ1v) is 13.6. The average Bonchev–Trinajstić information content (AvgIpc) is 2.75. The molecule has 0 aliphatic carbocycles. The lowest BCUT2D eigenvalue weighted by molar-refractivity contribution is 0.0906. The first-order valence-electron chi connectivity index (χ1n) is 10.3. The van der Waals surface area contributed by atoms with Gasteiger partial charge in [0.2, 0.25) is 20.0 Å². The molecule has 0 aromatic heterocycles. The van der Waals surface area contributed by atoms with Crippen molar-refractivity contribution in [3.8, 4) is 16.9 Å². The van der Waals surface area contributed by atoms with Crippen molar-refractivity contribution >= 4 is 20.0 Å². The number of aliphatic hydroxyl groups excluding tert-OH is 1. The molecule has 0 bridgehead atoms. The highest BCUT2D eigenvalue weighted by Gasteiger charge is 2.38. The Balaban J connectivity index is 2.14. The number of rotatable bonds is 6. The van der Waals surface area contributed by atoms with E-state index in [1.807, 2.05) is 37.3 Å². The first kappa shape index (κ1) is 24.7. The average molecular weight is 483 g/mol. The Labute approximate surface area is 190 Å². The van der Waals surface area contributed by atoms with Crippen LogP contribution in [0.3, 0.4) is 0 Å². The Morgan fingerprint density at radius 2 is 1.84 bits per heavy atom. The maximum Gasteiger partial charge on any atom is 0.247 e. The summed E-state index contributed by atoms with van der Waals surface area (Å²) in [5.74, 6) is -0.170. The predicted molar refractivity (Wildman–Crippen MR) is 123 cm³/mol. The molecule has 1 N–H and O–H groups in total. The second kappa shape index (κ2) is 9.48. The van der Waals surface area contributed by atoms with Gasteiger partial charge >= 0.3 is 0 Å². The summed E-state index contributed by atoms with van der Waals surface area (Å²) in [5.41, 5.74) is 1.68. The van der Waals surface area contributed by atoms with Crippen LogP contribution in [-0.4, -0.2) is 75.7 Å². The van der Waals surface area contributed by atoms with Gasteiger partial charge in [0.25, 0.3) is 0 Å². The monoisotopic (exact) mass is 482 g/mol. The summed E-state index contributed by atoms with van der Waals surface area (Å²) in [6.45, 7) is 3.28. The fraction of sp³-hybridized carbons (Fsp3) is 0.455. The largest absolute Gasteiger partial charge is 0.487 e. The highest BCUT2D eigenvalue weighted by atomic mass is 32.2. The van der Waals surface area contributed by atoms with Crippen LogP contribution < -0.4 is 4.74 Å². The van der Waals surface area contributed by atoms with Gasteiger partial charge in [0, 0.05) is 25.6 Å². The zero-order valence-electron chi connectivity index (χ0n) is 18.7. The van der Waals surface area contributed by atoms with E-state index < -0.39 is 32.2 Å². The van der Waals surface area contributed by atoms with E-state index in [1.54, 1.807) is 19.1 Å². The van der Waals surface area contributed by atoms with Crippen molar-refractivity contribution in [1.29, 1.82) is 0 Å². The van der Waals surface area contributed by atoms with Crippen molar-refractivity contribution in [1.82, 2.24) is 8.61 Å². The predicted octanol–water partition coefficient (Wildman–Crippen LogP) is 2.01. The van der Waals surface area contributed by atoms with Crippen molar-refractivity contribution < 1.29 is 26.7 Å². The number of hydrogen-bond donors (Lipinski definition) is 1. The number of fused-ring (bicyclic) bond motifs is 1. The number of benzene rings is 2. The summed E-state index contributed by atoms with van der Waals surface area (Å²) in [7, 11) is -5.93. The van der Waals surface area contributed by atoms with Gasteiger partial charge in [-0.2, -0.15) is 4.31 Å². The minimum absolute atomic E-state index is 0.00334. The van der Waals surface area contributed by atoms with E-state index in [-0.39, 0.29) is 36.3 Å². The molecule has 1 aliphatic rings. The molecular weight excluding hydrogens is 452 g/mol. The summed E-state index contributed by atoms with van der Waals surface area (Å²) < 4.78 is 59.7. The molecular formula is C22H30N2O6S2. The number of nitrogens with zero attached hydrogens (tertiary/aromatic N) is 2. The highest BCUT2D eigenvalue weighted by Crippen LogP contribution is 2.36. The summed E-state index contributed by atoms with van der Waals surface area (Å²) in [5, 5.41) is 9.70. The summed E-state index contributed by atoms with van der Waals surface area (Å²) in [4.78, 5) is -0.00334. The standard InChI is InChI=1S/C22H30N2O6S2/c1-16-13-24(17(2)15-25)32(28,29)22-11-10-19(18-8-6-5-7-9-18)12-20(22)30-21(16)14-23(3)31(4,26)27/h5-12,16-17,21,25H,13-15H2,1-4H3/t16-,17+,21-/m1/s1. The SMILES string of the molecule is C[C@@H]1CN([C@@H](C)CO)S(=O)(=O)c2ccc(-c3ccccc3)cc2O[C@@H]1CN(C)S(C)(=O)=O. The molecule has 0 unspecified atom stereocenters. The Morgan fingerprint density at radius 3 is 2.44 bits per heavy atom. The fourth-order valence-electron chi connectivity index (χ4n) is 3.64. The number of sulfonamides is 2. The molecule has 1 heterocycles. The van der Waals surface area contributed by atoms with Crippen molar-refractivity contribution in [3.05, 3.63) is 48.5 Å². The second-order valence-corrected chi connectivity index (χ2v) is 12.3. The minimum Gasteiger partial charge on any atom is -0.487 e. The summed E-state index contributed by atoms with van der Waals surface area (Å²) in [6, 6.07) is 13.8. The van der Waals surface area contributed by atoms with Crippen LogP contribution in [0.25, 0.3) is 11.1 Å². The van der Waals surface area contributed by atoms with E-state index in [4.69, 9.17) is 4.74 Å². The highest BCUT2D eigenvalue weighted by molar-refractivity contribution is 7.89. The normalized spacial score (nSPS) is 22.4. The lowest BCUT2D eigenvalue weighted by atomic mass is 10.0. The lowest BCUT2D eigenvalue weighted by Gasteiger charge is -2.37. The van der Waals surface area contributed by atoms with Gasteiger partial charge in [-0.3, -0.25) is 0 Å². The van der Waals surface area contributed by atoms with Crippen molar-refractivity contribution in [2.45, 2.75) is 30.9 Å². The molecule has 2 aromatic carbocycles. The van der Waals surface area contributed by atoms with Gasteiger partial charge in [0.15, 0.2) is 0 Å². The van der Waals surface area contributed by atoms with Gasteiger partial charge in [0.05, 0.1) is 19.4 Å². The van der Waals surface area contributed by atoms with E-state index in [9.17, 15) is 21.9 Å². The molecule has 2 aromatic rings. The molecule has 0 amide bonds. The third-order valence-corrected chi connectivity index (χ3v) is 9.08. The van der Waals surface area contributed by atoms with E-state index in [2.05, 4.69) is 0 Å². The van der Waals surface area contributed by atoms with Gasteiger partial charge in [-0.15, -0.1) is 0 Å². The molecule has 176 valence electrons. The smallest absolute Gasteiger partial charge is 0.247 e. The summed E-state index contributed by atoms with van der Waals surface area (Å²) in [6.07, 6.45) is 0.524. The van der Waals surface area contributed by atoms with Gasteiger partial charge in [0.1, 0.15) is 16.7 Å². The number of hydrogen-bond acceptors (Lipinski definition) is 6. The van der Waals surface area contributed by atoms with E-state index >= 15 is 0 Å². The second-order valence-electron chi connectivity index (χ2n) is 8.31. The van der Waals surface area contributed by atoms with Crippen LogP contribution in [-0.2, 0) is 20.0 Å². The summed E-state index contributed by atoms with van der Waals surface area (Å²) >= 11 is 0. The zero-order valence-corrected chi connectivity index (χ0v) is 20.3.